The fraction of sp³-hybridized carbons (Fsp3) is 0.308. The molecule has 1 heterocycles. The van der Waals surface area contributed by atoms with Crippen molar-refractivity contribution in [1.29, 1.82) is 0 Å². The van der Waals surface area contributed by atoms with Crippen LogP contribution in [0, 0.1) is 13.8 Å². The summed E-state index contributed by atoms with van der Waals surface area (Å²) >= 11 is 1.67. The van der Waals surface area contributed by atoms with E-state index in [1.165, 1.54) is 10.4 Å². The molecule has 1 N–H and O–H groups in total. The molecule has 0 spiro atoms. The van der Waals surface area contributed by atoms with Crippen LogP contribution in [-0.4, -0.2) is 16.7 Å². The van der Waals surface area contributed by atoms with Crippen LogP contribution in [0.15, 0.2) is 24.3 Å². The van der Waals surface area contributed by atoms with Crippen LogP contribution < -0.4 is 0 Å². The van der Waals surface area contributed by atoms with E-state index in [1.54, 1.807) is 11.3 Å². The predicted octanol–water partition coefficient (Wildman–Crippen LogP) is 2.96. The van der Waals surface area contributed by atoms with E-state index >= 15 is 0 Å². The van der Waals surface area contributed by atoms with Crippen molar-refractivity contribution in [1.82, 2.24) is 4.98 Å². The third-order valence-corrected chi connectivity index (χ3v) is 3.52. The molecule has 0 atom stereocenters. The molecule has 0 bridgehead atoms. The second-order valence-corrected chi connectivity index (χ2v) is 5.14. The average Bonchev–Trinajstić information content (AvgIpc) is 2.61. The van der Waals surface area contributed by atoms with E-state index in [-0.39, 0.29) is 6.61 Å². The van der Waals surface area contributed by atoms with Crippen molar-refractivity contribution in [2.24, 2.45) is 0 Å². The molecule has 1 aromatic carbocycles. The molecule has 0 saturated carbocycles. The summed E-state index contributed by atoms with van der Waals surface area (Å²) in [6, 6.07) is 8.39. The summed E-state index contributed by atoms with van der Waals surface area (Å²) in [6.45, 7) is 4.32. The number of rotatable bonds is 3. The van der Waals surface area contributed by atoms with Gasteiger partial charge in [0.1, 0.15) is 0 Å². The number of nitrogens with zero attached hydrogens (tertiary/aromatic N) is 1. The second kappa shape index (κ2) is 4.76. The Morgan fingerprint density at radius 1 is 1.19 bits per heavy atom. The lowest BCUT2D eigenvalue weighted by Gasteiger charge is -1.99. The SMILES string of the molecule is Cc1ccc(-c2nc(CCO)sc2C)cc1. The Hall–Kier alpha value is -1.19. The molecule has 16 heavy (non-hydrogen) atoms. The number of thiazole rings is 1. The Bertz CT molecular complexity index is 473. The van der Waals surface area contributed by atoms with E-state index in [0.717, 1.165) is 16.3 Å². The van der Waals surface area contributed by atoms with E-state index < -0.39 is 0 Å². The third-order valence-electron chi connectivity index (χ3n) is 2.49. The van der Waals surface area contributed by atoms with Crippen LogP contribution >= 0.6 is 11.3 Å². The van der Waals surface area contributed by atoms with Crippen LogP contribution in [0.3, 0.4) is 0 Å². The maximum absolute atomic E-state index is 8.89. The number of aliphatic hydroxyl groups is 1. The second-order valence-electron chi connectivity index (χ2n) is 3.85. The first-order valence-electron chi connectivity index (χ1n) is 5.35. The van der Waals surface area contributed by atoms with Gasteiger partial charge in [0.15, 0.2) is 0 Å². The number of benzene rings is 1. The summed E-state index contributed by atoms with van der Waals surface area (Å²) in [6.07, 6.45) is 0.650. The van der Waals surface area contributed by atoms with Gasteiger partial charge >= 0.3 is 0 Å². The quantitative estimate of drug-likeness (QED) is 0.884. The van der Waals surface area contributed by atoms with Crippen molar-refractivity contribution >= 4 is 11.3 Å². The maximum atomic E-state index is 8.89. The van der Waals surface area contributed by atoms with Gasteiger partial charge in [-0.3, -0.25) is 0 Å². The van der Waals surface area contributed by atoms with Crippen molar-refractivity contribution in [3.63, 3.8) is 0 Å². The third kappa shape index (κ3) is 2.31. The van der Waals surface area contributed by atoms with Gasteiger partial charge in [-0.15, -0.1) is 11.3 Å². The van der Waals surface area contributed by atoms with E-state index in [2.05, 4.69) is 43.1 Å². The molecule has 0 amide bonds. The van der Waals surface area contributed by atoms with Gasteiger partial charge in [0, 0.05) is 23.5 Å². The molecule has 0 aliphatic heterocycles. The minimum absolute atomic E-state index is 0.167. The van der Waals surface area contributed by atoms with E-state index in [1.807, 2.05) is 0 Å². The first-order chi connectivity index (χ1) is 7.70. The molecule has 0 aliphatic carbocycles. The first-order valence-corrected chi connectivity index (χ1v) is 6.16. The standard InChI is InChI=1S/C13H15NOS/c1-9-3-5-11(6-4-9)13-10(2)16-12(14-13)7-8-15/h3-6,15H,7-8H2,1-2H3. The normalized spacial score (nSPS) is 10.7. The topological polar surface area (TPSA) is 33.1 Å². The van der Waals surface area contributed by atoms with Crippen LogP contribution in [0.4, 0.5) is 0 Å². The molecule has 1 aromatic heterocycles. The summed E-state index contributed by atoms with van der Waals surface area (Å²) < 4.78 is 0. The lowest BCUT2D eigenvalue weighted by Crippen LogP contribution is -1.89. The van der Waals surface area contributed by atoms with Gasteiger partial charge in [-0.2, -0.15) is 0 Å². The lowest BCUT2D eigenvalue weighted by atomic mass is 10.1. The van der Waals surface area contributed by atoms with Gasteiger partial charge in [-0.1, -0.05) is 29.8 Å². The maximum Gasteiger partial charge on any atom is 0.0958 e. The van der Waals surface area contributed by atoms with Crippen LogP contribution in [0.1, 0.15) is 15.4 Å². The number of aliphatic hydroxyl groups excluding tert-OH is 1. The smallest absolute Gasteiger partial charge is 0.0958 e. The molecule has 3 heteroatoms. The summed E-state index contributed by atoms with van der Waals surface area (Å²) in [7, 11) is 0. The first kappa shape index (κ1) is 11.3. The molecule has 0 radical (unpaired) electrons. The van der Waals surface area contributed by atoms with Crippen LogP contribution in [0.2, 0.25) is 0 Å². The molecule has 0 saturated heterocycles. The number of aromatic nitrogens is 1. The molecule has 2 rings (SSSR count). The molecular formula is C13H15NOS. The number of hydrogen-bond acceptors (Lipinski definition) is 3. The highest BCUT2D eigenvalue weighted by Crippen LogP contribution is 2.27. The summed E-state index contributed by atoms with van der Waals surface area (Å²) in [5.41, 5.74) is 3.46. The number of aryl methyl sites for hydroxylation is 2. The highest BCUT2D eigenvalue weighted by atomic mass is 32.1. The zero-order chi connectivity index (χ0) is 11.5. The van der Waals surface area contributed by atoms with Gasteiger partial charge in [-0.05, 0) is 13.8 Å². The zero-order valence-corrected chi connectivity index (χ0v) is 10.3. The fourth-order valence-corrected chi connectivity index (χ4v) is 2.58. The van der Waals surface area contributed by atoms with Gasteiger partial charge in [0.2, 0.25) is 0 Å². The molecule has 2 aromatic rings. The number of hydrogen-bond donors (Lipinski definition) is 1. The Kier molecular flexibility index (Phi) is 3.36. The van der Waals surface area contributed by atoms with Crippen molar-refractivity contribution in [3.8, 4) is 11.3 Å². The summed E-state index contributed by atoms with van der Waals surface area (Å²) in [5.74, 6) is 0. The Morgan fingerprint density at radius 3 is 2.50 bits per heavy atom. The highest BCUT2D eigenvalue weighted by Gasteiger charge is 2.08. The lowest BCUT2D eigenvalue weighted by molar-refractivity contribution is 0.299. The van der Waals surface area contributed by atoms with E-state index in [0.29, 0.717) is 6.42 Å². The van der Waals surface area contributed by atoms with Crippen LogP contribution in [-0.2, 0) is 6.42 Å². The summed E-state index contributed by atoms with van der Waals surface area (Å²) in [5, 5.41) is 9.90. The molecular weight excluding hydrogens is 218 g/mol. The largest absolute Gasteiger partial charge is 0.396 e. The van der Waals surface area contributed by atoms with Gasteiger partial charge in [0.05, 0.1) is 10.7 Å². The Morgan fingerprint density at radius 2 is 1.88 bits per heavy atom. The summed E-state index contributed by atoms with van der Waals surface area (Å²) in [4.78, 5) is 5.77. The predicted molar refractivity (Wildman–Crippen MR) is 67.8 cm³/mol. The van der Waals surface area contributed by atoms with Crippen molar-refractivity contribution in [2.45, 2.75) is 20.3 Å². The van der Waals surface area contributed by atoms with Crippen molar-refractivity contribution < 1.29 is 5.11 Å². The Balaban J connectivity index is 2.36. The van der Waals surface area contributed by atoms with Crippen molar-refractivity contribution in [3.05, 3.63) is 39.7 Å². The fourth-order valence-electron chi connectivity index (χ4n) is 1.63. The Labute approximate surface area is 99.6 Å². The molecule has 2 nitrogen and oxygen atoms in total. The molecule has 0 aliphatic rings. The van der Waals surface area contributed by atoms with Gasteiger partial charge in [-0.25, -0.2) is 4.98 Å². The van der Waals surface area contributed by atoms with Gasteiger partial charge in [0.25, 0.3) is 0 Å². The van der Waals surface area contributed by atoms with Crippen LogP contribution in [0.25, 0.3) is 11.3 Å². The molecule has 0 fully saturated rings. The highest BCUT2D eigenvalue weighted by molar-refractivity contribution is 7.12. The monoisotopic (exact) mass is 233 g/mol. The minimum Gasteiger partial charge on any atom is -0.396 e. The van der Waals surface area contributed by atoms with E-state index in [4.69, 9.17) is 5.11 Å². The minimum atomic E-state index is 0.167. The van der Waals surface area contributed by atoms with Crippen LogP contribution in [0.5, 0.6) is 0 Å². The molecule has 0 unspecified atom stereocenters. The van der Waals surface area contributed by atoms with E-state index in [9.17, 15) is 0 Å². The average molecular weight is 233 g/mol. The molecule has 84 valence electrons. The zero-order valence-electron chi connectivity index (χ0n) is 9.53. The van der Waals surface area contributed by atoms with Gasteiger partial charge < -0.3 is 5.11 Å². The van der Waals surface area contributed by atoms with Crippen molar-refractivity contribution in [2.75, 3.05) is 6.61 Å².